The zero-order valence-electron chi connectivity index (χ0n) is 10.3. The van der Waals surface area contributed by atoms with Crippen molar-refractivity contribution in [1.82, 2.24) is 19.3 Å². The van der Waals surface area contributed by atoms with Gasteiger partial charge in [0.25, 0.3) is 0 Å². The van der Waals surface area contributed by atoms with Crippen LogP contribution in [0.15, 0.2) is 30.5 Å². The first-order valence-electron chi connectivity index (χ1n) is 5.92. The number of hydrogen-bond donors (Lipinski definition) is 0. The first kappa shape index (κ1) is 12.2. The third-order valence-corrected chi connectivity index (χ3v) is 3.12. The molecule has 0 radical (unpaired) electrons. The van der Waals surface area contributed by atoms with E-state index < -0.39 is 0 Å². The molecule has 0 saturated heterocycles. The summed E-state index contributed by atoms with van der Waals surface area (Å²) >= 11 is 5.81. The van der Waals surface area contributed by atoms with Crippen LogP contribution >= 0.6 is 11.6 Å². The fourth-order valence-corrected chi connectivity index (χ4v) is 2.30. The van der Waals surface area contributed by atoms with Crippen molar-refractivity contribution in [2.75, 3.05) is 5.88 Å². The Morgan fingerprint density at radius 1 is 1.32 bits per heavy atom. The number of imidazole rings is 1. The van der Waals surface area contributed by atoms with E-state index in [1.54, 1.807) is 10.7 Å². The molecule has 2 heterocycles. The number of aromatic nitrogens is 4. The maximum Gasteiger partial charge on any atom is 0.160 e. The summed E-state index contributed by atoms with van der Waals surface area (Å²) in [5, 5.41) is 4.37. The molecule has 19 heavy (non-hydrogen) atoms. The molecule has 0 amide bonds. The zero-order valence-corrected chi connectivity index (χ0v) is 11.1. The zero-order chi connectivity index (χ0) is 13.4. The van der Waals surface area contributed by atoms with E-state index in [0.717, 1.165) is 17.2 Å². The second kappa shape index (κ2) is 4.66. The molecule has 2 aromatic heterocycles. The number of nitrogens with zero attached hydrogens (tertiary/aromatic N) is 4. The standard InChI is InChI=1S/C13H12ClFN4/c1-18-7-5-13(17-18)19-11-3-2-9(15)8-10(11)16-12(19)4-6-14/h2-3,5,7-8H,4,6H2,1H3. The van der Waals surface area contributed by atoms with E-state index in [-0.39, 0.29) is 5.82 Å². The summed E-state index contributed by atoms with van der Waals surface area (Å²) in [6, 6.07) is 6.45. The van der Waals surface area contributed by atoms with E-state index >= 15 is 0 Å². The molecule has 3 aromatic rings. The third kappa shape index (κ3) is 2.10. The lowest BCUT2D eigenvalue weighted by Crippen LogP contribution is -2.03. The first-order chi connectivity index (χ1) is 9.19. The van der Waals surface area contributed by atoms with Crippen LogP contribution in [0, 0.1) is 5.82 Å². The van der Waals surface area contributed by atoms with Crippen molar-refractivity contribution in [3.05, 3.63) is 42.1 Å². The van der Waals surface area contributed by atoms with E-state index in [1.165, 1.54) is 12.1 Å². The van der Waals surface area contributed by atoms with E-state index in [4.69, 9.17) is 11.6 Å². The van der Waals surface area contributed by atoms with E-state index in [0.29, 0.717) is 17.8 Å². The van der Waals surface area contributed by atoms with E-state index in [9.17, 15) is 4.39 Å². The molecule has 0 atom stereocenters. The molecule has 1 aromatic carbocycles. The molecule has 0 N–H and O–H groups in total. The van der Waals surface area contributed by atoms with Gasteiger partial charge in [-0.15, -0.1) is 11.6 Å². The average Bonchev–Trinajstić information content (AvgIpc) is 2.92. The van der Waals surface area contributed by atoms with Crippen LogP contribution in [0.1, 0.15) is 5.82 Å². The Kier molecular flexibility index (Phi) is 2.98. The van der Waals surface area contributed by atoms with Gasteiger partial charge in [-0.1, -0.05) is 0 Å². The van der Waals surface area contributed by atoms with Gasteiger partial charge in [-0.25, -0.2) is 9.37 Å². The Bertz CT molecular complexity index is 731. The minimum Gasteiger partial charge on any atom is -0.279 e. The molecule has 98 valence electrons. The summed E-state index contributed by atoms with van der Waals surface area (Å²) in [6.45, 7) is 0. The van der Waals surface area contributed by atoms with Crippen molar-refractivity contribution in [1.29, 1.82) is 0 Å². The summed E-state index contributed by atoms with van der Waals surface area (Å²) in [4.78, 5) is 4.44. The highest BCUT2D eigenvalue weighted by atomic mass is 35.5. The molecule has 6 heteroatoms. The van der Waals surface area contributed by atoms with E-state index in [2.05, 4.69) is 10.1 Å². The second-order valence-electron chi connectivity index (χ2n) is 4.28. The predicted octanol–water partition coefficient (Wildman–Crippen LogP) is 2.68. The number of fused-ring (bicyclic) bond motifs is 1. The van der Waals surface area contributed by atoms with Gasteiger partial charge in [-0.2, -0.15) is 5.10 Å². The number of alkyl halides is 1. The molecule has 0 aliphatic carbocycles. The third-order valence-electron chi connectivity index (χ3n) is 2.93. The lowest BCUT2D eigenvalue weighted by Gasteiger charge is -2.04. The average molecular weight is 279 g/mol. The number of benzene rings is 1. The minimum absolute atomic E-state index is 0.296. The van der Waals surface area contributed by atoms with Gasteiger partial charge in [0.2, 0.25) is 0 Å². The lowest BCUT2D eigenvalue weighted by molar-refractivity contribution is 0.629. The lowest BCUT2D eigenvalue weighted by atomic mass is 10.3. The summed E-state index contributed by atoms with van der Waals surface area (Å²) in [7, 11) is 1.85. The van der Waals surface area contributed by atoms with Gasteiger partial charge in [0, 0.05) is 37.7 Å². The topological polar surface area (TPSA) is 35.6 Å². The summed E-state index contributed by atoms with van der Waals surface area (Å²) in [5.74, 6) is 1.71. The van der Waals surface area contributed by atoms with Crippen LogP contribution in [0.4, 0.5) is 4.39 Å². The van der Waals surface area contributed by atoms with Crippen molar-refractivity contribution >= 4 is 22.6 Å². The number of rotatable bonds is 3. The Balaban J connectivity index is 2.27. The largest absolute Gasteiger partial charge is 0.279 e. The molecular weight excluding hydrogens is 267 g/mol. The van der Waals surface area contributed by atoms with Crippen LogP contribution < -0.4 is 0 Å². The number of aryl methyl sites for hydroxylation is 2. The van der Waals surface area contributed by atoms with Crippen LogP contribution in [0.2, 0.25) is 0 Å². The van der Waals surface area contributed by atoms with Gasteiger partial charge in [-0.3, -0.25) is 9.25 Å². The Morgan fingerprint density at radius 3 is 2.84 bits per heavy atom. The fraction of sp³-hybridized carbons (Fsp3) is 0.231. The number of halogens is 2. The van der Waals surface area contributed by atoms with Crippen LogP contribution in [0.25, 0.3) is 16.9 Å². The van der Waals surface area contributed by atoms with Crippen molar-refractivity contribution in [3.63, 3.8) is 0 Å². The highest BCUT2D eigenvalue weighted by Crippen LogP contribution is 2.22. The Hall–Kier alpha value is -1.88. The predicted molar refractivity (Wildman–Crippen MR) is 72.2 cm³/mol. The Morgan fingerprint density at radius 2 is 2.16 bits per heavy atom. The van der Waals surface area contributed by atoms with E-state index in [1.807, 2.05) is 23.9 Å². The summed E-state index contributed by atoms with van der Waals surface area (Å²) < 4.78 is 16.9. The van der Waals surface area contributed by atoms with Crippen LogP contribution in [0.5, 0.6) is 0 Å². The highest BCUT2D eigenvalue weighted by Gasteiger charge is 2.14. The second-order valence-corrected chi connectivity index (χ2v) is 4.66. The van der Waals surface area contributed by atoms with Gasteiger partial charge in [0.1, 0.15) is 11.6 Å². The molecule has 0 fully saturated rings. The maximum atomic E-state index is 13.3. The summed E-state index contributed by atoms with van der Waals surface area (Å²) in [5.41, 5.74) is 1.45. The fourth-order valence-electron chi connectivity index (χ4n) is 2.13. The van der Waals surface area contributed by atoms with Gasteiger partial charge in [0.15, 0.2) is 5.82 Å². The van der Waals surface area contributed by atoms with Crippen molar-refractivity contribution in [2.45, 2.75) is 6.42 Å². The smallest absolute Gasteiger partial charge is 0.160 e. The monoisotopic (exact) mass is 278 g/mol. The molecule has 0 aliphatic rings. The molecule has 0 unspecified atom stereocenters. The molecule has 0 spiro atoms. The molecule has 3 rings (SSSR count). The van der Waals surface area contributed by atoms with Gasteiger partial charge >= 0.3 is 0 Å². The van der Waals surface area contributed by atoms with Crippen molar-refractivity contribution in [3.8, 4) is 5.82 Å². The SMILES string of the molecule is Cn1ccc(-n2c(CCCl)nc3cc(F)ccc32)n1. The minimum atomic E-state index is -0.296. The van der Waals surface area contributed by atoms with Crippen molar-refractivity contribution in [2.24, 2.45) is 7.05 Å². The van der Waals surface area contributed by atoms with Crippen LogP contribution in [0.3, 0.4) is 0 Å². The quantitative estimate of drug-likeness (QED) is 0.691. The van der Waals surface area contributed by atoms with Crippen molar-refractivity contribution < 1.29 is 4.39 Å². The van der Waals surface area contributed by atoms with Gasteiger partial charge in [0.05, 0.1) is 11.0 Å². The van der Waals surface area contributed by atoms with Gasteiger partial charge < -0.3 is 0 Å². The van der Waals surface area contributed by atoms with Crippen LogP contribution in [-0.2, 0) is 13.5 Å². The normalized spacial score (nSPS) is 11.3. The molecular formula is C13H12ClFN4. The number of hydrogen-bond acceptors (Lipinski definition) is 2. The maximum absolute atomic E-state index is 13.3. The Labute approximate surface area is 114 Å². The molecule has 0 saturated carbocycles. The van der Waals surface area contributed by atoms with Crippen LogP contribution in [-0.4, -0.2) is 25.2 Å². The summed E-state index contributed by atoms with van der Waals surface area (Å²) in [6.07, 6.45) is 2.46. The molecule has 0 bridgehead atoms. The first-order valence-corrected chi connectivity index (χ1v) is 6.45. The molecule has 4 nitrogen and oxygen atoms in total. The highest BCUT2D eigenvalue weighted by molar-refractivity contribution is 6.17. The van der Waals surface area contributed by atoms with Gasteiger partial charge in [-0.05, 0) is 12.1 Å². The molecule has 0 aliphatic heterocycles.